The first kappa shape index (κ1) is 15.9. The first-order chi connectivity index (χ1) is 9.17. The first-order valence-electron chi connectivity index (χ1n) is 6.95. The van der Waals surface area contributed by atoms with E-state index in [-0.39, 0.29) is 0 Å². The summed E-state index contributed by atoms with van der Waals surface area (Å²) in [6.45, 7) is 9.88. The molecule has 0 aromatic carbocycles. The van der Waals surface area contributed by atoms with Crippen molar-refractivity contribution < 1.29 is 4.74 Å². The summed E-state index contributed by atoms with van der Waals surface area (Å²) in [5.74, 6) is 0.846. The fourth-order valence-electron chi connectivity index (χ4n) is 1.72. The van der Waals surface area contributed by atoms with E-state index in [0.29, 0.717) is 6.04 Å². The van der Waals surface area contributed by atoms with Gasteiger partial charge < -0.3 is 10.1 Å². The number of hydrogen-bond acceptors (Lipinski definition) is 5. The smallest absolute Gasteiger partial charge is 0.144 e. The molecule has 0 bridgehead atoms. The molecular weight excluding hydrogens is 240 g/mol. The van der Waals surface area contributed by atoms with E-state index in [1.54, 1.807) is 13.3 Å². The van der Waals surface area contributed by atoms with Crippen LogP contribution in [0.5, 0.6) is 0 Å². The molecule has 0 radical (unpaired) electrons. The molecule has 0 aliphatic heterocycles. The second-order valence-corrected chi connectivity index (χ2v) is 4.88. The van der Waals surface area contributed by atoms with Crippen molar-refractivity contribution in [3.05, 3.63) is 18.1 Å². The second-order valence-electron chi connectivity index (χ2n) is 4.88. The van der Waals surface area contributed by atoms with Gasteiger partial charge in [-0.3, -0.25) is 9.88 Å². The lowest BCUT2D eigenvalue weighted by Crippen LogP contribution is -2.33. The molecule has 5 heteroatoms. The van der Waals surface area contributed by atoms with Gasteiger partial charge in [0.05, 0.1) is 24.7 Å². The highest BCUT2D eigenvalue weighted by Gasteiger charge is 2.10. The van der Waals surface area contributed by atoms with Gasteiger partial charge in [-0.1, -0.05) is 6.92 Å². The van der Waals surface area contributed by atoms with Crippen LogP contribution in [0.25, 0.3) is 0 Å². The molecule has 1 heterocycles. The lowest BCUT2D eigenvalue weighted by Gasteiger charge is -2.25. The van der Waals surface area contributed by atoms with Crippen molar-refractivity contribution in [2.75, 3.05) is 32.1 Å². The molecule has 1 aromatic heterocycles. The van der Waals surface area contributed by atoms with Crippen LogP contribution in [0.4, 0.5) is 5.82 Å². The van der Waals surface area contributed by atoms with Crippen molar-refractivity contribution in [3.63, 3.8) is 0 Å². The highest BCUT2D eigenvalue weighted by atomic mass is 16.5. The third-order valence-corrected chi connectivity index (χ3v) is 2.94. The van der Waals surface area contributed by atoms with Crippen LogP contribution in [0.15, 0.2) is 12.4 Å². The zero-order valence-electron chi connectivity index (χ0n) is 12.5. The molecule has 1 N–H and O–H groups in total. The predicted octanol–water partition coefficient (Wildman–Crippen LogP) is 2.16. The number of ether oxygens (including phenoxy) is 1. The average Bonchev–Trinajstić information content (AvgIpc) is 2.42. The van der Waals surface area contributed by atoms with E-state index < -0.39 is 0 Å². The molecule has 0 spiro atoms. The Kier molecular flexibility index (Phi) is 7.36. The molecule has 0 unspecified atom stereocenters. The lowest BCUT2D eigenvalue weighted by atomic mass is 10.3. The summed E-state index contributed by atoms with van der Waals surface area (Å²) in [5, 5.41) is 3.22. The van der Waals surface area contributed by atoms with Gasteiger partial charge in [-0.05, 0) is 20.3 Å². The minimum atomic E-state index is 0.467. The number of nitrogens with one attached hydrogen (secondary N) is 1. The van der Waals surface area contributed by atoms with Crippen LogP contribution >= 0.6 is 0 Å². The zero-order chi connectivity index (χ0) is 14.1. The van der Waals surface area contributed by atoms with Crippen molar-refractivity contribution in [1.29, 1.82) is 0 Å². The normalized spacial score (nSPS) is 11.3. The molecule has 0 atom stereocenters. The van der Waals surface area contributed by atoms with Gasteiger partial charge in [0.2, 0.25) is 0 Å². The number of hydrogen-bond donors (Lipinski definition) is 1. The maximum Gasteiger partial charge on any atom is 0.144 e. The third kappa shape index (κ3) is 5.98. The summed E-state index contributed by atoms with van der Waals surface area (Å²) in [6.07, 6.45) is 4.74. The van der Waals surface area contributed by atoms with E-state index in [1.807, 2.05) is 6.20 Å². The van der Waals surface area contributed by atoms with Crippen LogP contribution in [-0.4, -0.2) is 47.7 Å². The van der Waals surface area contributed by atoms with E-state index >= 15 is 0 Å². The summed E-state index contributed by atoms with van der Waals surface area (Å²) in [7, 11) is 1.73. The van der Waals surface area contributed by atoms with Crippen LogP contribution in [0, 0.1) is 0 Å². The van der Waals surface area contributed by atoms with Gasteiger partial charge in [0, 0.05) is 32.8 Å². The molecule has 0 saturated heterocycles. The highest BCUT2D eigenvalue weighted by Crippen LogP contribution is 2.07. The number of rotatable bonds is 9. The summed E-state index contributed by atoms with van der Waals surface area (Å²) >= 11 is 0. The molecule has 108 valence electrons. The molecule has 0 fully saturated rings. The number of nitrogens with zero attached hydrogens (tertiary/aromatic N) is 3. The van der Waals surface area contributed by atoms with Gasteiger partial charge in [0.15, 0.2) is 0 Å². The minimum absolute atomic E-state index is 0.467. The summed E-state index contributed by atoms with van der Waals surface area (Å²) in [5.41, 5.74) is 0.992. The standard InChI is InChI=1S/C14H26N4O/c1-5-6-15-14-10-16-13(9-17-14)11-18(12(2)3)7-8-19-4/h9-10,12H,5-8,11H2,1-4H3,(H,15,17). The average molecular weight is 266 g/mol. The maximum atomic E-state index is 5.14. The van der Waals surface area contributed by atoms with Gasteiger partial charge in [-0.25, -0.2) is 4.98 Å². The second kappa shape index (κ2) is 8.82. The van der Waals surface area contributed by atoms with Crippen LogP contribution in [0.3, 0.4) is 0 Å². The Balaban J connectivity index is 2.54. The molecule has 0 saturated carbocycles. The van der Waals surface area contributed by atoms with Crippen molar-refractivity contribution in [3.8, 4) is 0 Å². The predicted molar refractivity (Wildman–Crippen MR) is 78.2 cm³/mol. The lowest BCUT2D eigenvalue weighted by molar-refractivity contribution is 0.124. The first-order valence-corrected chi connectivity index (χ1v) is 6.95. The molecule has 1 aromatic rings. The van der Waals surface area contributed by atoms with Crippen molar-refractivity contribution in [1.82, 2.24) is 14.9 Å². The van der Waals surface area contributed by atoms with Crippen LogP contribution in [0.1, 0.15) is 32.9 Å². The Labute approximate surface area is 116 Å². The van der Waals surface area contributed by atoms with Crippen molar-refractivity contribution in [2.45, 2.75) is 39.8 Å². The van der Waals surface area contributed by atoms with Crippen LogP contribution in [-0.2, 0) is 11.3 Å². The van der Waals surface area contributed by atoms with Gasteiger partial charge in [-0.15, -0.1) is 0 Å². The SMILES string of the molecule is CCCNc1cnc(CN(CCOC)C(C)C)cn1. The number of anilines is 1. The fraction of sp³-hybridized carbons (Fsp3) is 0.714. The van der Waals surface area contributed by atoms with Gasteiger partial charge >= 0.3 is 0 Å². The van der Waals surface area contributed by atoms with Crippen LogP contribution < -0.4 is 5.32 Å². The molecule has 1 rings (SSSR count). The molecule has 5 nitrogen and oxygen atoms in total. The summed E-state index contributed by atoms with van der Waals surface area (Å²) in [6, 6.07) is 0.467. The maximum absolute atomic E-state index is 5.14. The van der Waals surface area contributed by atoms with Crippen LogP contribution in [0.2, 0.25) is 0 Å². The molecule has 0 aliphatic rings. The van der Waals surface area contributed by atoms with Gasteiger partial charge in [0.1, 0.15) is 5.82 Å². The molecule has 0 aliphatic carbocycles. The van der Waals surface area contributed by atoms with Gasteiger partial charge in [0.25, 0.3) is 0 Å². The van der Waals surface area contributed by atoms with E-state index in [1.165, 1.54) is 0 Å². The Morgan fingerprint density at radius 3 is 2.63 bits per heavy atom. The number of aromatic nitrogens is 2. The minimum Gasteiger partial charge on any atom is -0.383 e. The topological polar surface area (TPSA) is 50.3 Å². The van der Waals surface area contributed by atoms with Crippen molar-refractivity contribution >= 4 is 5.82 Å². The largest absolute Gasteiger partial charge is 0.383 e. The summed E-state index contributed by atoms with van der Waals surface area (Å²) in [4.78, 5) is 11.2. The Bertz CT molecular complexity index is 340. The monoisotopic (exact) mass is 266 g/mol. The van der Waals surface area contributed by atoms with E-state index in [9.17, 15) is 0 Å². The summed E-state index contributed by atoms with van der Waals surface area (Å²) < 4.78 is 5.14. The fourth-order valence-corrected chi connectivity index (χ4v) is 1.72. The Hall–Kier alpha value is -1.20. The van der Waals surface area contributed by atoms with E-state index in [4.69, 9.17) is 4.74 Å². The van der Waals surface area contributed by atoms with E-state index in [2.05, 4.69) is 41.0 Å². The zero-order valence-corrected chi connectivity index (χ0v) is 12.5. The van der Waals surface area contributed by atoms with Gasteiger partial charge in [-0.2, -0.15) is 0 Å². The molecule has 0 amide bonds. The highest BCUT2D eigenvalue weighted by molar-refractivity contribution is 5.30. The quantitative estimate of drug-likeness (QED) is 0.742. The number of methoxy groups -OCH3 is 1. The third-order valence-electron chi connectivity index (χ3n) is 2.94. The molecule has 19 heavy (non-hydrogen) atoms. The van der Waals surface area contributed by atoms with E-state index in [0.717, 1.165) is 44.2 Å². The van der Waals surface area contributed by atoms with Crippen molar-refractivity contribution in [2.24, 2.45) is 0 Å². The Morgan fingerprint density at radius 1 is 1.32 bits per heavy atom. The molecular formula is C14H26N4O. The Morgan fingerprint density at radius 2 is 2.11 bits per heavy atom.